The number of hydrogen-bond acceptors (Lipinski definition) is 2. The predicted octanol–water partition coefficient (Wildman–Crippen LogP) is 3.18. The summed E-state index contributed by atoms with van der Waals surface area (Å²) in [5, 5.41) is 11.8. The molecule has 0 aromatic heterocycles. The second-order valence-corrected chi connectivity index (χ2v) is 4.93. The van der Waals surface area contributed by atoms with Gasteiger partial charge in [-0.1, -0.05) is 34.5 Å². The normalized spacial score (nSPS) is 10.4. The zero-order chi connectivity index (χ0) is 12.5. The maximum absolute atomic E-state index is 10.3. The fraction of sp³-hybridized carbons (Fsp3) is 0.462. The molecule has 1 rings (SSSR count). The van der Waals surface area contributed by atoms with Gasteiger partial charge in [0, 0.05) is 17.4 Å². The first kappa shape index (κ1) is 14.2. The molecular weight excluding hydrogens is 282 g/mol. The molecule has 0 amide bonds. The van der Waals surface area contributed by atoms with Gasteiger partial charge in [0.1, 0.15) is 0 Å². The third-order valence-corrected chi connectivity index (χ3v) is 2.96. The summed E-state index contributed by atoms with van der Waals surface area (Å²) in [5.74, 6) is -0.702. The standard InChI is InChI=1S/C13H18BrNO2/c14-12-6-4-5-11(9-12)10-15-8-3-1-2-7-13(16)17/h4-6,9,15H,1-3,7-8,10H2,(H,16,17). The molecule has 0 saturated carbocycles. The topological polar surface area (TPSA) is 49.3 Å². The molecule has 0 aliphatic rings. The second-order valence-electron chi connectivity index (χ2n) is 4.01. The first-order valence-electron chi connectivity index (χ1n) is 5.85. The number of carboxylic acid groups (broad SMARTS) is 1. The van der Waals surface area contributed by atoms with E-state index in [0.717, 1.165) is 36.8 Å². The van der Waals surface area contributed by atoms with Crippen molar-refractivity contribution in [1.82, 2.24) is 5.32 Å². The van der Waals surface area contributed by atoms with Gasteiger partial charge in [-0.3, -0.25) is 4.79 Å². The van der Waals surface area contributed by atoms with Crippen LogP contribution < -0.4 is 5.32 Å². The Balaban J connectivity index is 2.03. The minimum absolute atomic E-state index is 0.283. The van der Waals surface area contributed by atoms with Crippen LogP contribution in [0.5, 0.6) is 0 Å². The molecule has 0 saturated heterocycles. The van der Waals surface area contributed by atoms with E-state index >= 15 is 0 Å². The molecule has 1 aromatic rings. The lowest BCUT2D eigenvalue weighted by Gasteiger charge is -2.05. The smallest absolute Gasteiger partial charge is 0.303 e. The van der Waals surface area contributed by atoms with Crippen LogP contribution in [0.4, 0.5) is 0 Å². The average Bonchev–Trinajstić information content (AvgIpc) is 2.27. The lowest BCUT2D eigenvalue weighted by molar-refractivity contribution is -0.137. The molecule has 94 valence electrons. The van der Waals surface area contributed by atoms with Crippen LogP contribution in [0.3, 0.4) is 0 Å². The molecule has 0 fully saturated rings. The maximum Gasteiger partial charge on any atom is 0.303 e. The molecule has 4 heteroatoms. The van der Waals surface area contributed by atoms with Crippen LogP contribution in [-0.4, -0.2) is 17.6 Å². The summed E-state index contributed by atoms with van der Waals surface area (Å²) in [7, 11) is 0. The van der Waals surface area contributed by atoms with E-state index in [-0.39, 0.29) is 6.42 Å². The largest absolute Gasteiger partial charge is 0.481 e. The Morgan fingerprint density at radius 1 is 1.29 bits per heavy atom. The van der Waals surface area contributed by atoms with Gasteiger partial charge in [0.15, 0.2) is 0 Å². The second kappa shape index (κ2) is 8.25. The highest BCUT2D eigenvalue weighted by atomic mass is 79.9. The van der Waals surface area contributed by atoms with Crippen LogP contribution in [0.1, 0.15) is 31.2 Å². The Bertz CT molecular complexity index is 355. The van der Waals surface area contributed by atoms with E-state index in [4.69, 9.17) is 5.11 Å². The molecule has 2 N–H and O–H groups in total. The van der Waals surface area contributed by atoms with Gasteiger partial charge in [-0.15, -0.1) is 0 Å². The summed E-state index contributed by atoms with van der Waals surface area (Å²) in [6.45, 7) is 1.80. The number of nitrogens with one attached hydrogen (secondary N) is 1. The molecule has 0 atom stereocenters. The maximum atomic E-state index is 10.3. The van der Waals surface area contributed by atoms with Gasteiger partial charge >= 0.3 is 5.97 Å². The Labute approximate surface area is 110 Å². The van der Waals surface area contributed by atoms with Gasteiger partial charge in [-0.2, -0.15) is 0 Å². The molecule has 0 radical (unpaired) electrons. The summed E-state index contributed by atoms with van der Waals surface area (Å²) in [6, 6.07) is 8.21. The Morgan fingerprint density at radius 2 is 2.12 bits per heavy atom. The van der Waals surface area contributed by atoms with Crippen molar-refractivity contribution in [2.45, 2.75) is 32.2 Å². The monoisotopic (exact) mass is 299 g/mol. The van der Waals surface area contributed by atoms with Gasteiger partial charge in [0.25, 0.3) is 0 Å². The lowest BCUT2D eigenvalue weighted by atomic mass is 10.2. The van der Waals surface area contributed by atoms with Gasteiger partial charge in [-0.25, -0.2) is 0 Å². The fourth-order valence-electron chi connectivity index (χ4n) is 1.58. The van der Waals surface area contributed by atoms with Gasteiger partial charge < -0.3 is 10.4 Å². The average molecular weight is 300 g/mol. The number of benzene rings is 1. The predicted molar refractivity (Wildman–Crippen MR) is 72.0 cm³/mol. The number of halogens is 1. The van der Waals surface area contributed by atoms with Gasteiger partial charge in [-0.05, 0) is 37.1 Å². The van der Waals surface area contributed by atoms with Crippen molar-refractivity contribution < 1.29 is 9.90 Å². The van der Waals surface area contributed by atoms with Crippen LogP contribution >= 0.6 is 15.9 Å². The number of carboxylic acids is 1. The van der Waals surface area contributed by atoms with E-state index in [1.165, 1.54) is 5.56 Å². The molecule has 0 spiro atoms. The summed E-state index contributed by atoms with van der Waals surface area (Å²) in [6.07, 6.45) is 3.05. The molecule has 0 aliphatic carbocycles. The summed E-state index contributed by atoms with van der Waals surface area (Å²) in [4.78, 5) is 10.3. The van der Waals surface area contributed by atoms with Crippen molar-refractivity contribution in [2.75, 3.05) is 6.54 Å². The van der Waals surface area contributed by atoms with Crippen LogP contribution in [-0.2, 0) is 11.3 Å². The van der Waals surface area contributed by atoms with Crippen LogP contribution in [0.25, 0.3) is 0 Å². The lowest BCUT2D eigenvalue weighted by Crippen LogP contribution is -2.14. The molecule has 0 bridgehead atoms. The highest BCUT2D eigenvalue weighted by Gasteiger charge is 1.97. The minimum Gasteiger partial charge on any atom is -0.481 e. The fourth-order valence-corrected chi connectivity index (χ4v) is 2.03. The van der Waals surface area contributed by atoms with Crippen molar-refractivity contribution in [3.63, 3.8) is 0 Å². The number of unbranched alkanes of at least 4 members (excludes halogenated alkanes) is 2. The third-order valence-electron chi connectivity index (χ3n) is 2.46. The SMILES string of the molecule is O=C(O)CCCCCNCc1cccc(Br)c1. The van der Waals surface area contributed by atoms with Gasteiger partial charge in [0.2, 0.25) is 0 Å². The number of hydrogen-bond donors (Lipinski definition) is 2. The van der Waals surface area contributed by atoms with Crippen LogP contribution in [0.15, 0.2) is 28.7 Å². The van der Waals surface area contributed by atoms with Crippen molar-refractivity contribution in [2.24, 2.45) is 0 Å². The summed E-state index contributed by atoms with van der Waals surface area (Å²) < 4.78 is 1.10. The summed E-state index contributed by atoms with van der Waals surface area (Å²) >= 11 is 3.44. The third kappa shape index (κ3) is 7.13. The van der Waals surface area contributed by atoms with Crippen LogP contribution in [0.2, 0.25) is 0 Å². The van der Waals surface area contributed by atoms with Crippen molar-refractivity contribution in [3.8, 4) is 0 Å². The minimum atomic E-state index is -0.702. The zero-order valence-corrected chi connectivity index (χ0v) is 11.4. The molecule has 1 aromatic carbocycles. The number of aliphatic carboxylic acids is 1. The quantitative estimate of drug-likeness (QED) is 0.725. The van der Waals surface area contributed by atoms with Gasteiger partial charge in [0.05, 0.1) is 0 Å². The van der Waals surface area contributed by atoms with E-state index in [0.29, 0.717) is 0 Å². The molecule has 3 nitrogen and oxygen atoms in total. The number of rotatable bonds is 8. The van der Waals surface area contributed by atoms with E-state index in [1.807, 2.05) is 12.1 Å². The highest BCUT2D eigenvalue weighted by Crippen LogP contribution is 2.11. The molecule has 0 aliphatic heterocycles. The summed E-state index contributed by atoms with van der Waals surface area (Å²) in [5.41, 5.74) is 1.25. The van der Waals surface area contributed by atoms with E-state index in [1.54, 1.807) is 0 Å². The van der Waals surface area contributed by atoms with Crippen molar-refractivity contribution in [3.05, 3.63) is 34.3 Å². The highest BCUT2D eigenvalue weighted by molar-refractivity contribution is 9.10. The van der Waals surface area contributed by atoms with Crippen molar-refractivity contribution >= 4 is 21.9 Å². The van der Waals surface area contributed by atoms with E-state index in [2.05, 4.69) is 33.4 Å². The Hall–Kier alpha value is -0.870. The van der Waals surface area contributed by atoms with Crippen LogP contribution in [0, 0.1) is 0 Å². The van der Waals surface area contributed by atoms with Crippen molar-refractivity contribution in [1.29, 1.82) is 0 Å². The first-order chi connectivity index (χ1) is 8.18. The molecule has 17 heavy (non-hydrogen) atoms. The first-order valence-corrected chi connectivity index (χ1v) is 6.65. The molecule has 0 unspecified atom stereocenters. The molecular formula is C13H18BrNO2. The Kier molecular flexibility index (Phi) is 6.89. The zero-order valence-electron chi connectivity index (χ0n) is 9.79. The Morgan fingerprint density at radius 3 is 2.82 bits per heavy atom. The number of carbonyl (C=O) groups is 1. The van der Waals surface area contributed by atoms with E-state index in [9.17, 15) is 4.79 Å². The molecule has 0 heterocycles. The van der Waals surface area contributed by atoms with E-state index < -0.39 is 5.97 Å².